The molecular formula is C18H30N2. The van der Waals surface area contributed by atoms with Gasteiger partial charge in [0, 0.05) is 31.2 Å². The Morgan fingerprint density at radius 2 is 2.00 bits per heavy atom. The molecule has 0 aliphatic carbocycles. The zero-order valence-electron chi connectivity index (χ0n) is 13.7. The molecule has 1 aromatic carbocycles. The summed E-state index contributed by atoms with van der Waals surface area (Å²) in [5.41, 5.74) is 4.28. The maximum Gasteiger partial charge on any atom is 0.0326 e. The second-order valence-corrected chi connectivity index (χ2v) is 6.31. The maximum absolute atomic E-state index is 3.69. The molecule has 3 unspecified atom stereocenters. The van der Waals surface area contributed by atoms with Crippen LogP contribution in [0.5, 0.6) is 0 Å². The molecule has 1 N–H and O–H groups in total. The summed E-state index contributed by atoms with van der Waals surface area (Å²) in [6.07, 6.45) is 2.44. The van der Waals surface area contributed by atoms with E-state index in [2.05, 4.69) is 63.0 Å². The average Bonchev–Trinajstić information content (AvgIpc) is 2.46. The van der Waals surface area contributed by atoms with Crippen LogP contribution in [-0.4, -0.2) is 30.1 Å². The van der Waals surface area contributed by atoms with E-state index < -0.39 is 0 Å². The van der Waals surface area contributed by atoms with E-state index in [-0.39, 0.29) is 0 Å². The molecule has 20 heavy (non-hydrogen) atoms. The number of hydrogen-bond donors (Lipinski definition) is 1. The van der Waals surface area contributed by atoms with Crippen LogP contribution in [0.1, 0.15) is 56.3 Å². The van der Waals surface area contributed by atoms with Gasteiger partial charge in [0.15, 0.2) is 0 Å². The Morgan fingerprint density at radius 3 is 2.60 bits per heavy atom. The quantitative estimate of drug-likeness (QED) is 0.897. The van der Waals surface area contributed by atoms with Gasteiger partial charge in [-0.3, -0.25) is 4.90 Å². The Bertz CT molecular complexity index is 441. The van der Waals surface area contributed by atoms with Crippen molar-refractivity contribution in [3.8, 4) is 0 Å². The van der Waals surface area contributed by atoms with E-state index in [1.165, 1.54) is 36.1 Å². The molecule has 1 aliphatic rings. The predicted octanol–water partition coefficient (Wildman–Crippen LogP) is 3.83. The minimum Gasteiger partial charge on any atom is -0.311 e. The van der Waals surface area contributed by atoms with Crippen LogP contribution < -0.4 is 5.32 Å². The van der Waals surface area contributed by atoms with Gasteiger partial charge in [0.05, 0.1) is 0 Å². The van der Waals surface area contributed by atoms with Gasteiger partial charge in [0.25, 0.3) is 0 Å². The fraction of sp³-hybridized carbons (Fsp3) is 0.667. The standard InChI is InChI=1S/C18H30N2/c1-6-16-12-20(17(7-2)11-19-16)15(5)18-9-8-13(3)10-14(18)4/h8-10,15-17,19H,6-7,11-12H2,1-5H3. The van der Waals surface area contributed by atoms with Crippen molar-refractivity contribution in [1.29, 1.82) is 0 Å². The first-order valence-corrected chi connectivity index (χ1v) is 8.13. The summed E-state index contributed by atoms with van der Waals surface area (Å²) >= 11 is 0. The fourth-order valence-corrected chi connectivity index (χ4v) is 3.49. The van der Waals surface area contributed by atoms with Gasteiger partial charge in [-0.1, -0.05) is 37.6 Å². The summed E-state index contributed by atoms with van der Waals surface area (Å²) in [4.78, 5) is 2.71. The lowest BCUT2D eigenvalue weighted by atomic mass is 9.95. The van der Waals surface area contributed by atoms with Crippen molar-refractivity contribution in [3.63, 3.8) is 0 Å². The molecule has 1 fully saturated rings. The molecule has 0 amide bonds. The van der Waals surface area contributed by atoms with E-state index in [0.717, 1.165) is 6.54 Å². The largest absolute Gasteiger partial charge is 0.311 e. The highest BCUT2D eigenvalue weighted by Gasteiger charge is 2.30. The highest BCUT2D eigenvalue weighted by Crippen LogP contribution is 2.28. The number of nitrogens with zero attached hydrogens (tertiary/aromatic N) is 1. The van der Waals surface area contributed by atoms with Gasteiger partial charge < -0.3 is 5.32 Å². The van der Waals surface area contributed by atoms with E-state index in [4.69, 9.17) is 0 Å². The van der Waals surface area contributed by atoms with Gasteiger partial charge in [0.2, 0.25) is 0 Å². The van der Waals surface area contributed by atoms with Crippen molar-refractivity contribution in [3.05, 3.63) is 34.9 Å². The molecule has 0 spiro atoms. The SMILES string of the molecule is CCC1CN(C(C)c2ccc(C)cc2C)C(CC)CN1. The highest BCUT2D eigenvalue weighted by molar-refractivity contribution is 5.32. The van der Waals surface area contributed by atoms with Gasteiger partial charge in [-0.05, 0) is 44.7 Å². The Hall–Kier alpha value is -0.860. The van der Waals surface area contributed by atoms with E-state index in [1.54, 1.807) is 0 Å². The molecule has 0 bridgehead atoms. The van der Waals surface area contributed by atoms with E-state index in [0.29, 0.717) is 18.1 Å². The molecule has 2 nitrogen and oxygen atoms in total. The van der Waals surface area contributed by atoms with Gasteiger partial charge in [-0.25, -0.2) is 0 Å². The molecule has 1 saturated heterocycles. The lowest BCUT2D eigenvalue weighted by Gasteiger charge is -2.44. The summed E-state index contributed by atoms with van der Waals surface area (Å²) in [5, 5.41) is 3.69. The van der Waals surface area contributed by atoms with Crippen molar-refractivity contribution in [2.75, 3.05) is 13.1 Å². The number of aryl methyl sites for hydroxylation is 2. The topological polar surface area (TPSA) is 15.3 Å². The second-order valence-electron chi connectivity index (χ2n) is 6.31. The molecule has 1 aromatic rings. The van der Waals surface area contributed by atoms with E-state index in [9.17, 15) is 0 Å². The molecule has 112 valence electrons. The van der Waals surface area contributed by atoms with Crippen LogP contribution in [0.25, 0.3) is 0 Å². The van der Waals surface area contributed by atoms with Crippen LogP contribution in [0.2, 0.25) is 0 Å². The van der Waals surface area contributed by atoms with Crippen LogP contribution in [0.4, 0.5) is 0 Å². The number of nitrogens with one attached hydrogen (secondary N) is 1. The smallest absolute Gasteiger partial charge is 0.0326 e. The molecule has 2 rings (SSSR count). The molecular weight excluding hydrogens is 244 g/mol. The van der Waals surface area contributed by atoms with E-state index >= 15 is 0 Å². The zero-order chi connectivity index (χ0) is 14.7. The maximum atomic E-state index is 3.69. The molecule has 0 saturated carbocycles. The van der Waals surface area contributed by atoms with Crippen molar-refractivity contribution in [2.24, 2.45) is 0 Å². The molecule has 2 heteroatoms. The second kappa shape index (κ2) is 6.73. The number of rotatable bonds is 4. The van der Waals surface area contributed by atoms with E-state index in [1.807, 2.05) is 0 Å². The van der Waals surface area contributed by atoms with Crippen LogP contribution >= 0.6 is 0 Å². The third kappa shape index (κ3) is 3.24. The Morgan fingerprint density at radius 1 is 1.25 bits per heavy atom. The monoisotopic (exact) mass is 274 g/mol. The van der Waals surface area contributed by atoms with Crippen molar-refractivity contribution < 1.29 is 0 Å². The zero-order valence-corrected chi connectivity index (χ0v) is 13.7. The fourth-order valence-electron chi connectivity index (χ4n) is 3.49. The lowest BCUT2D eigenvalue weighted by molar-refractivity contribution is 0.0847. The molecule has 1 heterocycles. The Kier molecular flexibility index (Phi) is 5.22. The Balaban J connectivity index is 2.21. The van der Waals surface area contributed by atoms with Crippen molar-refractivity contribution >= 4 is 0 Å². The minimum atomic E-state index is 0.511. The first kappa shape index (κ1) is 15.5. The summed E-state index contributed by atoms with van der Waals surface area (Å²) < 4.78 is 0. The predicted molar refractivity (Wildman–Crippen MR) is 87.2 cm³/mol. The van der Waals surface area contributed by atoms with Crippen molar-refractivity contribution in [1.82, 2.24) is 10.2 Å². The normalized spacial score (nSPS) is 25.6. The first-order valence-electron chi connectivity index (χ1n) is 8.13. The third-order valence-corrected chi connectivity index (χ3v) is 4.88. The lowest BCUT2D eigenvalue weighted by Crippen LogP contribution is -2.56. The van der Waals surface area contributed by atoms with Crippen LogP contribution in [0.3, 0.4) is 0 Å². The van der Waals surface area contributed by atoms with Gasteiger partial charge in [-0.2, -0.15) is 0 Å². The van der Waals surface area contributed by atoms with Crippen molar-refractivity contribution in [2.45, 2.75) is 65.6 Å². The number of piperazine rings is 1. The number of hydrogen-bond acceptors (Lipinski definition) is 2. The van der Waals surface area contributed by atoms with Crippen LogP contribution in [0, 0.1) is 13.8 Å². The van der Waals surface area contributed by atoms with Crippen LogP contribution in [-0.2, 0) is 0 Å². The highest BCUT2D eigenvalue weighted by atomic mass is 15.2. The summed E-state index contributed by atoms with van der Waals surface area (Å²) in [6.45, 7) is 13.7. The summed E-state index contributed by atoms with van der Waals surface area (Å²) in [7, 11) is 0. The molecule has 0 radical (unpaired) electrons. The first-order chi connectivity index (χ1) is 9.56. The van der Waals surface area contributed by atoms with Crippen LogP contribution in [0.15, 0.2) is 18.2 Å². The molecule has 0 aromatic heterocycles. The summed E-state index contributed by atoms with van der Waals surface area (Å²) in [5.74, 6) is 0. The molecule has 3 atom stereocenters. The molecule has 1 aliphatic heterocycles. The third-order valence-electron chi connectivity index (χ3n) is 4.88. The summed E-state index contributed by atoms with van der Waals surface area (Å²) in [6, 6.07) is 8.70. The minimum absolute atomic E-state index is 0.511. The average molecular weight is 274 g/mol. The van der Waals surface area contributed by atoms with Gasteiger partial charge in [0.1, 0.15) is 0 Å². The Labute approximate surface area is 124 Å². The van der Waals surface area contributed by atoms with Gasteiger partial charge >= 0.3 is 0 Å². The van der Waals surface area contributed by atoms with Gasteiger partial charge in [-0.15, -0.1) is 0 Å². The number of benzene rings is 1.